The number of aromatic amines is 1. The average Bonchev–Trinajstić information content (AvgIpc) is 3.45. The highest BCUT2D eigenvalue weighted by Crippen LogP contribution is 2.38. The van der Waals surface area contributed by atoms with Gasteiger partial charge in [0, 0.05) is 12.0 Å². The summed E-state index contributed by atoms with van der Waals surface area (Å²) >= 11 is 6.39. The number of pyridine rings is 1. The van der Waals surface area contributed by atoms with Gasteiger partial charge in [-0.2, -0.15) is 0 Å². The number of hydrogen-bond acceptors (Lipinski definition) is 5. The second-order valence-electron chi connectivity index (χ2n) is 7.35. The summed E-state index contributed by atoms with van der Waals surface area (Å²) in [7, 11) is 0. The van der Waals surface area contributed by atoms with Crippen molar-refractivity contribution in [1.82, 2.24) is 9.97 Å². The second-order valence-corrected chi connectivity index (χ2v) is 7.76. The van der Waals surface area contributed by atoms with Gasteiger partial charge in [0.25, 0.3) is 0 Å². The van der Waals surface area contributed by atoms with E-state index in [1.165, 1.54) is 0 Å². The van der Waals surface area contributed by atoms with E-state index in [2.05, 4.69) is 9.97 Å². The summed E-state index contributed by atoms with van der Waals surface area (Å²) < 4.78 is 17.6. The van der Waals surface area contributed by atoms with Crippen LogP contribution in [0.1, 0.15) is 32.4 Å². The van der Waals surface area contributed by atoms with Gasteiger partial charge >= 0.3 is 0 Å². The van der Waals surface area contributed by atoms with Crippen molar-refractivity contribution in [3.05, 3.63) is 53.2 Å². The Morgan fingerprint density at radius 2 is 2.00 bits per heavy atom. The van der Waals surface area contributed by atoms with Gasteiger partial charge in [-0.15, -0.1) is 0 Å². The maximum absolute atomic E-state index is 9.97. The number of halogens is 1. The van der Waals surface area contributed by atoms with Crippen molar-refractivity contribution in [2.45, 2.75) is 51.6 Å². The standard InChI is InChI=1S/C21H21ClN2O4.C2H6/c22-14-8-15-16(23-17(14)10-26-12-4-2-1-3-5-12)9-20(24-15)28-19-7-6-13-18(25)11-27-21(13)19;1-2/h1-5,8-9,13,18-19,21,24-25H,6-7,10-11H2;1-2H3/t13?,18-,19-,21+;/m1./s1. The van der Waals surface area contributed by atoms with Crippen LogP contribution in [0.25, 0.3) is 11.0 Å². The molecule has 0 bridgehead atoms. The van der Waals surface area contributed by atoms with Crippen LogP contribution in [0.2, 0.25) is 5.02 Å². The number of fused-ring (bicyclic) bond motifs is 2. The summed E-state index contributed by atoms with van der Waals surface area (Å²) in [5.74, 6) is 1.58. The number of H-pyrrole nitrogens is 1. The van der Waals surface area contributed by atoms with E-state index in [-0.39, 0.29) is 30.8 Å². The SMILES string of the molecule is CC.O[C@@H]1CO[C@H]2C1CC[C@H]2Oc1cc2nc(COc3ccccc3)c(Cl)cc2[nH]1. The number of aliphatic hydroxyl groups is 1. The maximum atomic E-state index is 9.97. The molecule has 0 amide bonds. The normalized spacial score (nSPS) is 24.9. The van der Waals surface area contributed by atoms with Gasteiger partial charge in [-0.25, -0.2) is 4.98 Å². The van der Waals surface area contributed by atoms with Crippen LogP contribution in [0, 0.1) is 5.92 Å². The first-order chi connectivity index (χ1) is 14.7. The number of benzene rings is 1. The number of ether oxygens (including phenoxy) is 3. The van der Waals surface area contributed by atoms with Gasteiger partial charge < -0.3 is 24.3 Å². The third kappa shape index (κ3) is 4.26. The smallest absolute Gasteiger partial charge is 0.193 e. The Bertz CT molecular complexity index is 978. The first kappa shape index (κ1) is 21.0. The van der Waals surface area contributed by atoms with E-state index >= 15 is 0 Å². The summed E-state index contributed by atoms with van der Waals surface area (Å²) in [6.07, 6.45) is 1.29. The van der Waals surface area contributed by atoms with E-state index in [0.29, 0.717) is 23.2 Å². The van der Waals surface area contributed by atoms with Crippen molar-refractivity contribution in [3.63, 3.8) is 0 Å². The number of aromatic nitrogens is 2. The number of nitrogens with zero attached hydrogens (tertiary/aromatic N) is 1. The number of aliphatic hydroxyl groups excluding tert-OH is 1. The van der Waals surface area contributed by atoms with Gasteiger partial charge in [0.05, 0.1) is 40.6 Å². The van der Waals surface area contributed by atoms with Crippen LogP contribution in [0.3, 0.4) is 0 Å². The van der Waals surface area contributed by atoms with Crippen molar-refractivity contribution >= 4 is 22.6 Å². The highest BCUT2D eigenvalue weighted by Gasteiger charge is 2.47. The third-order valence-electron chi connectivity index (χ3n) is 5.53. The van der Waals surface area contributed by atoms with E-state index < -0.39 is 0 Å². The Hall–Kier alpha value is -2.28. The van der Waals surface area contributed by atoms with E-state index in [4.69, 9.17) is 25.8 Å². The second kappa shape index (κ2) is 9.25. The summed E-state index contributed by atoms with van der Waals surface area (Å²) in [5, 5.41) is 10.5. The zero-order valence-corrected chi connectivity index (χ0v) is 17.9. The number of rotatable bonds is 5. The fourth-order valence-electron chi connectivity index (χ4n) is 4.10. The molecule has 1 aromatic carbocycles. The molecular weight excluding hydrogens is 404 g/mol. The van der Waals surface area contributed by atoms with Crippen LogP contribution in [0.5, 0.6) is 11.6 Å². The first-order valence-corrected chi connectivity index (χ1v) is 10.9. The highest BCUT2D eigenvalue weighted by molar-refractivity contribution is 6.31. The maximum Gasteiger partial charge on any atom is 0.193 e. The van der Waals surface area contributed by atoms with Crippen LogP contribution < -0.4 is 9.47 Å². The molecule has 30 heavy (non-hydrogen) atoms. The molecule has 2 fully saturated rings. The molecule has 160 valence electrons. The zero-order valence-electron chi connectivity index (χ0n) is 17.2. The molecule has 1 aliphatic heterocycles. The molecule has 4 atom stereocenters. The molecule has 3 heterocycles. The predicted octanol–water partition coefficient (Wildman–Crippen LogP) is 4.74. The van der Waals surface area contributed by atoms with E-state index in [0.717, 1.165) is 29.6 Å². The average molecular weight is 431 g/mol. The van der Waals surface area contributed by atoms with Crippen LogP contribution in [0.4, 0.5) is 0 Å². The van der Waals surface area contributed by atoms with Crippen molar-refractivity contribution < 1.29 is 19.3 Å². The van der Waals surface area contributed by atoms with Crippen molar-refractivity contribution in [3.8, 4) is 11.6 Å². The Kier molecular flexibility index (Phi) is 6.46. The molecule has 3 aromatic rings. The number of hydrogen-bond donors (Lipinski definition) is 2. The van der Waals surface area contributed by atoms with Gasteiger partial charge in [-0.3, -0.25) is 0 Å². The lowest BCUT2D eigenvalue weighted by atomic mass is 10.0. The van der Waals surface area contributed by atoms with Crippen LogP contribution >= 0.6 is 11.6 Å². The Morgan fingerprint density at radius 1 is 1.20 bits per heavy atom. The lowest BCUT2D eigenvalue weighted by Gasteiger charge is -2.18. The molecule has 0 spiro atoms. The van der Waals surface area contributed by atoms with E-state index in [1.807, 2.05) is 56.3 Å². The molecule has 2 aliphatic rings. The quantitative estimate of drug-likeness (QED) is 0.611. The summed E-state index contributed by atoms with van der Waals surface area (Å²) in [6.45, 7) is 4.68. The van der Waals surface area contributed by atoms with Crippen LogP contribution in [0.15, 0.2) is 42.5 Å². The number of para-hydroxylation sites is 1. The number of nitrogens with one attached hydrogen (secondary N) is 1. The molecule has 2 aromatic heterocycles. The molecule has 6 nitrogen and oxygen atoms in total. The molecule has 5 rings (SSSR count). The predicted molar refractivity (Wildman–Crippen MR) is 116 cm³/mol. The zero-order chi connectivity index (χ0) is 21.1. The molecule has 7 heteroatoms. The summed E-state index contributed by atoms with van der Waals surface area (Å²) in [4.78, 5) is 7.85. The summed E-state index contributed by atoms with van der Waals surface area (Å²) in [6, 6.07) is 13.3. The first-order valence-electron chi connectivity index (χ1n) is 10.5. The minimum Gasteiger partial charge on any atom is -0.487 e. The van der Waals surface area contributed by atoms with Gasteiger partial charge in [0.15, 0.2) is 5.88 Å². The third-order valence-corrected chi connectivity index (χ3v) is 5.85. The summed E-state index contributed by atoms with van der Waals surface area (Å²) in [5.41, 5.74) is 2.25. The molecule has 2 N–H and O–H groups in total. The van der Waals surface area contributed by atoms with Gasteiger partial charge in [-0.1, -0.05) is 43.6 Å². The molecule has 1 unspecified atom stereocenters. The van der Waals surface area contributed by atoms with Gasteiger partial charge in [0.2, 0.25) is 0 Å². The Balaban J connectivity index is 0.00000106. The molecular formula is C23H27ClN2O4. The minimum absolute atomic E-state index is 0.0483. The monoisotopic (exact) mass is 430 g/mol. The van der Waals surface area contributed by atoms with Crippen molar-refractivity contribution in [2.24, 2.45) is 5.92 Å². The lowest BCUT2D eigenvalue weighted by molar-refractivity contribution is 0.0154. The minimum atomic E-state index is -0.381. The Morgan fingerprint density at radius 3 is 2.80 bits per heavy atom. The molecule has 1 aliphatic carbocycles. The highest BCUT2D eigenvalue weighted by atomic mass is 35.5. The lowest BCUT2D eigenvalue weighted by Crippen LogP contribution is -2.30. The van der Waals surface area contributed by atoms with Crippen molar-refractivity contribution in [2.75, 3.05) is 6.61 Å². The largest absolute Gasteiger partial charge is 0.487 e. The Labute approximate surface area is 181 Å². The van der Waals surface area contributed by atoms with Crippen LogP contribution in [-0.2, 0) is 11.3 Å². The van der Waals surface area contributed by atoms with Crippen molar-refractivity contribution in [1.29, 1.82) is 0 Å². The molecule has 0 radical (unpaired) electrons. The fourth-order valence-corrected chi connectivity index (χ4v) is 4.31. The van der Waals surface area contributed by atoms with Crippen LogP contribution in [-0.4, -0.2) is 40.0 Å². The van der Waals surface area contributed by atoms with E-state index in [1.54, 1.807) is 0 Å². The topological polar surface area (TPSA) is 76.6 Å². The fraction of sp³-hybridized carbons (Fsp3) is 0.435. The molecule has 1 saturated carbocycles. The molecule has 1 saturated heterocycles. The van der Waals surface area contributed by atoms with E-state index in [9.17, 15) is 5.11 Å². The van der Waals surface area contributed by atoms with Gasteiger partial charge in [0.1, 0.15) is 18.5 Å². The van der Waals surface area contributed by atoms with Gasteiger partial charge in [-0.05, 0) is 31.0 Å².